The van der Waals surface area contributed by atoms with Gasteiger partial charge in [-0.1, -0.05) is 50.8 Å². The van der Waals surface area contributed by atoms with Crippen LogP contribution in [0, 0.1) is 11.7 Å². The Balaban J connectivity index is 1.91. The van der Waals surface area contributed by atoms with Crippen LogP contribution in [0.3, 0.4) is 0 Å². The number of carbonyl (C=O) groups excluding carboxylic acids is 1. The zero-order valence-electron chi connectivity index (χ0n) is 19.4. The summed E-state index contributed by atoms with van der Waals surface area (Å²) < 4.78 is 19.6. The van der Waals surface area contributed by atoms with Gasteiger partial charge < -0.3 is 25.4 Å². The fourth-order valence-corrected chi connectivity index (χ4v) is 4.38. The van der Waals surface area contributed by atoms with E-state index in [0.717, 1.165) is 37.9 Å². The van der Waals surface area contributed by atoms with E-state index in [9.17, 15) is 14.0 Å². The van der Waals surface area contributed by atoms with Gasteiger partial charge in [0.05, 0.1) is 22.1 Å². The molecule has 2 aromatic rings. The third-order valence-electron chi connectivity index (χ3n) is 5.67. The number of aliphatic carboxylic acids is 1. The van der Waals surface area contributed by atoms with Gasteiger partial charge in [0, 0.05) is 18.7 Å². The highest BCUT2D eigenvalue weighted by Gasteiger charge is 2.25. The summed E-state index contributed by atoms with van der Waals surface area (Å²) >= 11 is 5.82. The van der Waals surface area contributed by atoms with Crippen molar-refractivity contribution in [3.8, 4) is 5.75 Å². The van der Waals surface area contributed by atoms with Crippen LogP contribution >= 0.6 is 11.6 Å². The van der Waals surface area contributed by atoms with Gasteiger partial charge in [-0.05, 0) is 43.0 Å². The molecular weight excluding hydrogens is 461 g/mol. The molecule has 0 aliphatic heterocycles. The minimum atomic E-state index is -1.10. The first-order valence-electron chi connectivity index (χ1n) is 11.5. The van der Waals surface area contributed by atoms with Crippen LogP contribution in [0.2, 0.25) is 5.02 Å². The molecule has 1 aliphatic rings. The summed E-state index contributed by atoms with van der Waals surface area (Å²) in [6.45, 7) is 4.57. The Bertz CT molecular complexity index is 1010. The van der Waals surface area contributed by atoms with Crippen molar-refractivity contribution in [3.05, 3.63) is 47.2 Å². The van der Waals surface area contributed by atoms with E-state index in [4.69, 9.17) is 21.4 Å². The van der Waals surface area contributed by atoms with Gasteiger partial charge in [-0.2, -0.15) is 0 Å². The van der Waals surface area contributed by atoms with Gasteiger partial charge in [-0.15, -0.1) is 0 Å². The van der Waals surface area contributed by atoms with Crippen molar-refractivity contribution >= 4 is 40.7 Å². The van der Waals surface area contributed by atoms with Crippen molar-refractivity contribution in [2.75, 3.05) is 28.7 Å². The standard InChI is InChI=1S/C25H31ClFN3O4/c1-16(2)14-30(17-7-4-3-5-8-17)22-12-11-18(34-15-23(31)32)13-21(22)29-25(33)28-20-10-6-9-19(26)24(20)27/h6,9-13,16-17H,3-5,7-8,14-15H2,1-2H3,(H,31,32)(H2,28,29,33). The first-order chi connectivity index (χ1) is 16.2. The van der Waals surface area contributed by atoms with Crippen molar-refractivity contribution in [3.63, 3.8) is 0 Å². The molecular formula is C25H31ClFN3O4. The third-order valence-corrected chi connectivity index (χ3v) is 5.96. The number of urea groups is 1. The second-order valence-electron chi connectivity index (χ2n) is 8.88. The van der Waals surface area contributed by atoms with E-state index in [-0.39, 0.29) is 10.7 Å². The Labute approximate surface area is 204 Å². The smallest absolute Gasteiger partial charge is 0.341 e. The molecule has 0 spiro atoms. The second kappa shape index (κ2) is 11.9. The Morgan fingerprint density at radius 3 is 2.53 bits per heavy atom. The largest absolute Gasteiger partial charge is 0.482 e. The predicted octanol–water partition coefficient (Wildman–Crippen LogP) is 6.38. The van der Waals surface area contributed by atoms with E-state index in [1.807, 2.05) is 6.07 Å². The molecule has 1 saturated carbocycles. The van der Waals surface area contributed by atoms with Gasteiger partial charge in [0.25, 0.3) is 0 Å². The average molecular weight is 492 g/mol. The molecule has 7 nitrogen and oxygen atoms in total. The number of hydrogen-bond acceptors (Lipinski definition) is 4. The molecule has 2 amide bonds. The molecule has 3 rings (SSSR count). The van der Waals surface area contributed by atoms with Gasteiger partial charge in [-0.3, -0.25) is 0 Å². The molecule has 0 heterocycles. The van der Waals surface area contributed by atoms with Crippen LogP contribution in [-0.4, -0.2) is 36.3 Å². The van der Waals surface area contributed by atoms with Crippen LogP contribution in [0.5, 0.6) is 5.75 Å². The number of rotatable bonds is 9. The minimum absolute atomic E-state index is 0.0452. The van der Waals surface area contributed by atoms with E-state index in [2.05, 4.69) is 29.4 Å². The number of nitrogens with zero attached hydrogens (tertiary/aromatic N) is 1. The highest BCUT2D eigenvalue weighted by molar-refractivity contribution is 6.31. The maximum absolute atomic E-state index is 14.3. The number of ether oxygens (including phenoxy) is 1. The number of carbonyl (C=O) groups is 2. The SMILES string of the molecule is CC(C)CN(c1ccc(OCC(=O)O)cc1NC(=O)Nc1cccc(Cl)c1F)C1CCCCC1. The lowest BCUT2D eigenvalue weighted by atomic mass is 9.93. The van der Waals surface area contributed by atoms with Crippen molar-refractivity contribution in [1.29, 1.82) is 0 Å². The summed E-state index contributed by atoms with van der Waals surface area (Å²) in [5.74, 6) is -1.13. The Morgan fingerprint density at radius 1 is 1.15 bits per heavy atom. The molecule has 0 aromatic heterocycles. The van der Waals surface area contributed by atoms with Crippen LogP contribution in [0.4, 0.5) is 26.2 Å². The molecule has 2 aromatic carbocycles. The summed E-state index contributed by atoms with van der Waals surface area (Å²) in [5, 5.41) is 14.2. The summed E-state index contributed by atoms with van der Waals surface area (Å²) in [5.41, 5.74) is 1.22. The molecule has 0 saturated heterocycles. The first kappa shape index (κ1) is 25.6. The summed E-state index contributed by atoms with van der Waals surface area (Å²) in [6.07, 6.45) is 5.63. The maximum Gasteiger partial charge on any atom is 0.341 e. The number of amides is 2. The zero-order valence-corrected chi connectivity index (χ0v) is 20.2. The molecule has 0 atom stereocenters. The van der Waals surface area contributed by atoms with Gasteiger partial charge in [-0.25, -0.2) is 14.0 Å². The number of carboxylic acids is 1. The highest BCUT2D eigenvalue weighted by atomic mass is 35.5. The van der Waals surface area contributed by atoms with Crippen molar-refractivity contribution in [1.82, 2.24) is 0 Å². The summed E-state index contributed by atoms with van der Waals surface area (Å²) in [4.78, 5) is 26.1. The number of halogens is 2. The molecule has 3 N–H and O–H groups in total. The molecule has 184 valence electrons. The first-order valence-corrected chi connectivity index (χ1v) is 11.9. The van der Waals surface area contributed by atoms with E-state index >= 15 is 0 Å². The number of hydrogen-bond donors (Lipinski definition) is 3. The lowest BCUT2D eigenvalue weighted by molar-refractivity contribution is -0.139. The molecule has 1 aliphatic carbocycles. The number of carboxylic acid groups (broad SMARTS) is 1. The average Bonchev–Trinajstić information content (AvgIpc) is 2.80. The normalized spacial score (nSPS) is 14.0. The van der Waals surface area contributed by atoms with E-state index < -0.39 is 24.4 Å². The lowest BCUT2D eigenvalue weighted by Crippen LogP contribution is -2.40. The topological polar surface area (TPSA) is 90.9 Å². The number of benzene rings is 2. The predicted molar refractivity (Wildman–Crippen MR) is 133 cm³/mol. The molecule has 1 fully saturated rings. The molecule has 0 unspecified atom stereocenters. The number of nitrogens with one attached hydrogen (secondary N) is 2. The monoisotopic (exact) mass is 491 g/mol. The Hall–Kier alpha value is -3.00. The van der Waals surface area contributed by atoms with E-state index in [1.165, 1.54) is 18.6 Å². The molecule has 0 bridgehead atoms. The van der Waals surface area contributed by atoms with Gasteiger partial charge in [0.2, 0.25) is 0 Å². The van der Waals surface area contributed by atoms with Crippen molar-refractivity contribution in [2.24, 2.45) is 5.92 Å². The summed E-state index contributed by atoms with van der Waals surface area (Å²) in [7, 11) is 0. The van der Waals surface area contributed by atoms with Gasteiger partial charge >= 0.3 is 12.0 Å². The van der Waals surface area contributed by atoms with Crippen LogP contribution < -0.4 is 20.3 Å². The molecule has 9 heteroatoms. The fourth-order valence-electron chi connectivity index (χ4n) is 4.21. The van der Waals surface area contributed by atoms with Crippen LogP contribution in [0.15, 0.2) is 36.4 Å². The second-order valence-corrected chi connectivity index (χ2v) is 9.29. The third kappa shape index (κ3) is 7.00. The number of anilines is 3. The summed E-state index contributed by atoms with van der Waals surface area (Å²) in [6, 6.07) is 9.18. The maximum atomic E-state index is 14.3. The van der Waals surface area contributed by atoms with E-state index in [0.29, 0.717) is 23.4 Å². The van der Waals surface area contributed by atoms with Crippen LogP contribution in [0.25, 0.3) is 0 Å². The lowest BCUT2D eigenvalue weighted by Gasteiger charge is -2.38. The fraction of sp³-hybridized carbons (Fsp3) is 0.440. The highest BCUT2D eigenvalue weighted by Crippen LogP contribution is 2.36. The van der Waals surface area contributed by atoms with E-state index in [1.54, 1.807) is 18.2 Å². The minimum Gasteiger partial charge on any atom is -0.482 e. The van der Waals surface area contributed by atoms with Crippen molar-refractivity contribution in [2.45, 2.75) is 52.0 Å². The Morgan fingerprint density at radius 2 is 1.85 bits per heavy atom. The van der Waals surface area contributed by atoms with Gasteiger partial charge in [0.1, 0.15) is 5.75 Å². The molecule has 34 heavy (non-hydrogen) atoms. The van der Waals surface area contributed by atoms with Crippen LogP contribution in [-0.2, 0) is 4.79 Å². The van der Waals surface area contributed by atoms with Crippen molar-refractivity contribution < 1.29 is 23.8 Å². The zero-order chi connectivity index (χ0) is 24.7. The quantitative estimate of drug-likeness (QED) is 0.378. The Kier molecular flexibility index (Phi) is 8.98. The van der Waals surface area contributed by atoms with Gasteiger partial charge in [0.15, 0.2) is 12.4 Å². The van der Waals surface area contributed by atoms with Crippen LogP contribution in [0.1, 0.15) is 46.0 Å². The molecule has 0 radical (unpaired) electrons.